The molecule has 1 heterocycles. The summed E-state index contributed by atoms with van der Waals surface area (Å²) < 4.78 is 28.3. The Morgan fingerprint density at radius 3 is 2.35 bits per heavy atom. The zero-order valence-electron chi connectivity index (χ0n) is 15.7. The van der Waals surface area contributed by atoms with Crippen molar-refractivity contribution in [3.63, 3.8) is 0 Å². The van der Waals surface area contributed by atoms with E-state index in [9.17, 15) is 4.79 Å². The Hall–Kier alpha value is -0.313. The van der Waals surface area contributed by atoms with E-state index in [1.165, 1.54) is 7.11 Å². The van der Waals surface area contributed by atoms with Crippen molar-refractivity contribution in [1.82, 2.24) is 0 Å². The van der Waals surface area contributed by atoms with Crippen LogP contribution in [0.15, 0.2) is 0 Å². The van der Waals surface area contributed by atoms with Crippen LogP contribution < -0.4 is 0 Å². The van der Waals surface area contributed by atoms with E-state index in [0.717, 1.165) is 6.29 Å². The van der Waals surface area contributed by atoms with Gasteiger partial charge in [0.05, 0.1) is 6.61 Å². The van der Waals surface area contributed by atoms with Crippen LogP contribution in [0, 0.1) is 0 Å². The highest BCUT2D eigenvalue weighted by atomic mass is 28.4. The number of aldehydes is 1. The van der Waals surface area contributed by atoms with Gasteiger partial charge in [-0.2, -0.15) is 0 Å². The Labute approximate surface area is 140 Å². The summed E-state index contributed by atoms with van der Waals surface area (Å²) in [7, 11) is -0.398. The van der Waals surface area contributed by atoms with Crippen LogP contribution in [0.3, 0.4) is 0 Å². The molecule has 0 aromatic carbocycles. The minimum absolute atomic E-state index is 0.0273. The molecule has 0 aromatic heterocycles. The molecule has 0 amide bonds. The maximum Gasteiger partial charge on any atom is 0.192 e. The topological polar surface area (TPSA) is 63.2 Å². The lowest BCUT2D eigenvalue weighted by molar-refractivity contribution is -0.170. The Morgan fingerprint density at radius 2 is 1.87 bits per heavy atom. The van der Waals surface area contributed by atoms with Crippen molar-refractivity contribution in [3.05, 3.63) is 0 Å². The van der Waals surface area contributed by atoms with Gasteiger partial charge in [0, 0.05) is 7.11 Å². The van der Waals surface area contributed by atoms with Crippen molar-refractivity contribution in [2.24, 2.45) is 0 Å². The third-order valence-electron chi connectivity index (χ3n) is 4.47. The highest BCUT2D eigenvalue weighted by molar-refractivity contribution is 6.74. The molecule has 1 rings (SSSR count). The first kappa shape index (κ1) is 20.7. The van der Waals surface area contributed by atoms with Crippen LogP contribution in [0.25, 0.3) is 0 Å². The highest BCUT2D eigenvalue weighted by Gasteiger charge is 2.47. The second kappa shape index (κ2) is 7.71. The minimum atomic E-state index is -1.91. The molecule has 0 bridgehead atoms. The first-order valence-electron chi connectivity index (χ1n) is 7.99. The van der Waals surface area contributed by atoms with Crippen LogP contribution in [0.4, 0.5) is 0 Å². The minimum Gasteiger partial charge on any atom is -0.414 e. The normalized spacial score (nSPS) is 26.3. The summed E-state index contributed by atoms with van der Waals surface area (Å²) in [6.45, 7) is 15.0. The molecule has 3 atom stereocenters. The number of ether oxygens (including phenoxy) is 4. The fourth-order valence-corrected chi connectivity index (χ4v) is 3.15. The Kier molecular flexibility index (Phi) is 6.95. The van der Waals surface area contributed by atoms with Crippen LogP contribution in [0.2, 0.25) is 18.1 Å². The second-order valence-electron chi connectivity index (χ2n) is 7.88. The number of carbonyl (C=O) groups excluding carboxylic acids is 1. The zero-order valence-corrected chi connectivity index (χ0v) is 16.7. The average Bonchev–Trinajstić information content (AvgIpc) is 2.71. The molecule has 6 nitrogen and oxygen atoms in total. The Balaban J connectivity index is 2.79. The third-order valence-corrected chi connectivity index (χ3v) is 8.97. The molecule has 0 aromatic rings. The van der Waals surface area contributed by atoms with Gasteiger partial charge in [0.1, 0.15) is 25.1 Å². The molecule has 1 saturated heterocycles. The molecular weight excluding hydrogens is 316 g/mol. The van der Waals surface area contributed by atoms with Crippen molar-refractivity contribution in [2.75, 3.05) is 20.5 Å². The maximum atomic E-state index is 11.4. The summed E-state index contributed by atoms with van der Waals surface area (Å²) in [5.41, 5.74) is 0. The number of carbonyl (C=O) groups is 1. The number of methoxy groups -OCH3 is 1. The number of hydrogen-bond acceptors (Lipinski definition) is 6. The second-order valence-corrected chi connectivity index (χ2v) is 12.7. The first-order valence-corrected chi connectivity index (χ1v) is 10.9. The van der Waals surface area contributed by atoms with E-state index < -0.39 is 26.3 Å². The van der Waals surface area contributed by atoms with E-state index in [1.54, 1.807) is 0 Å². The number of hydrogen-bond donors (Lipinski definition) is 0. The van der Waals surface area contributed by atoms with E-state index in [0.29, 0.717) is 6.61 Å². The van der Waals surface area contributed by atoms with Gasteiger partial charge in [-0.25, -0.2) is 0 Å². The monoisotopic (exact) mass is 348 g/mol. The van der Waals surface area contributed by atoms with Crippen LogP contribution in [0.1, 0.15) is 34.6 Å². The van der Waals surface area contributed by atoms with Gasteiger partial charge in [0.15, 0.2) is 20.4 Å². The lowest BCUT2D eigenvalue weighted by Gasteiger charge is -2.37. The Bertz CT molecular complexity index is 391. The summed E-state index contributed by atoms with van der Waals surface area (Å²) in [5.74, 6) is -0.774. The fourth-order valence-electron chi connectivity index (χ4n) is 2.14. The summed E-state index contributed by atoms with van der Waals surface area (Å²) in [4.78, 5) is 11.4. The maximum absolute atomic E-state index is 11.4. The summed E-state index contributed by atoms with van der Waals surface area (Å²) in [5, 5.41) is 0.105. The van der Waals surface area contributed by atoms with E-state index >= 15 is 0 Å². The fraction of sp³-hybridized carbons (Fsp3) is 0.938. The highest BCUT2D eigenvalue weighted by Crippen LogP contribution is 2.38. The van der Waals surface area contributed by atoms with Gasteiger partial charge < -0.3 is 28.2 Å². The number of rotatable bonds is 8. The van der Waals surface area contributed by atoms with Crippen molar-refractivity contribution in [1.29, 1.82) is 0 Å². The van der Waals surface area contributed by atoms with Crippen molar-refractivity contribution in [2.45, 2.75) is 76.8 Å². The lowest BCUT2D eigenvalue weighted by Crippen LogP contribution is -2.46. The lowest BCUT2D eigenvalue weighted by atomic mass is 10.1. The van der Waals surface area contributed by atoms with E-state index in [-0.39, 0.29) is 17.9 Å². The molecule has 1 fully saturated rings. The predicted octanol–water partition coefficient (Wildman–Crippen LogP) is 2.72. The first-order chi connectivity index (χ1) is 10.4. The molecule has 1 aliphatic rings. The van der Waals surface area contributed by atoms with E-state index in [1.807, 2.05) is 13.8 Å². The summed E-state index contributed by atoms with van der Waals surface area (Å²) >= 11 is 0. The average molecular weight is 349 g/mol. The zero-order chi connectivity index (χ0) is 17.9. The van der Waals surface area contributed by atoms with Gasteiger partial charge in [-0.15, -0.1) is 0 Å². The summed E-state index contributed by atoms with van der Waals surface area (Å²) in [6, 6.07) is 0. The van der Waals surface area contributed by atoms with Crippen LogP contribution in [-0.4, -0.2) is 59.2 Å². The molecule has 23 heavy (non-hydrogen) atoms. The van der Waals surface area contributed by atoms with E-state index in [2.05, 4.69) is 33.9 Å². The van der Waals surface area contributed by atoms with E-state index in [4.69, 9.17) is 23.4 Å². The van der Waals surface area contributed by atoms with Crippen LogP contribution >= 0.6 is 0 Å². The molecule has 1 aliphatic heterocycles. The standard InChI is InChI=1S/C16H32O6Si/c1-15(2,3)23(7,8)20-10-13-14(22-16(4,5)21-13)12(9-17)19-11-18-6/h9,12-14H,10-11H2,1-8H3/t12-,13-,14+/m0/s1. The molecule has 136 valence electrons. The Morgan fingerprint density at radius 1 is 1.26 bits per heavy atom. The molecule has 0 unspecified atom stereocenters. The van der Waals surface area contributed by atoms with Crippen LogP contribution in [0.5, 0.6) is 0 Å². The molecule has 0 aliphatic carbocycles. The largest absolute Gasteiger partial charge is 0.414 e. The smallest absolute Gasteiger partial charge is 0.192 e. The predicted molar refractivity (Wildman–Crippen MR) is 89.8 cm³/mol. The third kappa shape index (κ3) is 5.62. The van der Waals surface area contributed by atoms with Gasteiger partial charge >= 0.3 is 0 Å². The molecule has 0 spiro atoms. The van der Waals surface area contributed by atoms with Gasteiger partial charge in [0.25, 0.3) is 0 Å². The van der Waals surface area contributed by atoms with Crippen molar-refractivity contribution in [3.8, 4) is 0 Å². The van der Waals surface area contributed by atoms with Crippen LogP contribution in [-0.2, 0) is 28.2 Å². The van der Waals surface area contributed by atoms with Gasteiger partial charge in [-0.05, 0) is 32.0 Å². The van der Waals surface area contributed by atoms with Crippen molar-refractivity contribution >= 4 is 14.6 Å². The van der Waals surface area contributed by atoms with Crippen molar-refractivity contribution < 1.29 is 28.2 Å². The molecular formula is C16H32O6Si. The SMILES string of the molecule is COCO[C@@H](C=O)[C@H]1OC(C)(C)O[C@H]1CO[Si](C)(C)C(C)(C)C. The molecule has 0 radical (unpaired) electrons. The molecule has 0 saturated carbocycles. The van der Waals surface area contributed by atoms with Gasteiger partial charge in [-0.3, -0.25) is 0 Å². The molecule has 0 N–H and O–H groups in total. The van der Waals surface area contributed by atoms with Gasteiger partial charge in [-0.1, -0.05) is 20.8 Å². The van der Waals surface area contributed by atoms with Gasteiger partial charge in [0.2, 0.25) is 0 Å². The quantitative estimate of drug-likeness (QED) is 0.382. The summed E-state index contributed by atoms with van der Waals surface area (Å²) in [6.07, 6.45) is -0.883. The molecule has 7 heteroatoms.